The molecule has 74 valence electrons. The highest BCUT2D eigenvalue weighted by Crippen LogP contribution is 2.35. The van der Waals surface area contributed by atoms with Crippen LogP contribution in [0.25, 0.3) is 0 Å². The summed E-state index contributed by atoms with van der Waals surface area (Å²) in [4.78, 5) is -0.577. The minimum atomic E-state index is -4.24. The molecule has 0 aromatic carbocycles. The molecule has 0 fully saturated rings. The molecule has 1 atom stereocenters. The Morgan fingerprint density at radius 2 is 2.15 bits per heavy atom. The predicted molar refractivity (Wildman–Crippen MR) is 46.5 cm³/mol. The first-order valence-corrected chi connectivity index (χ1v) is 4.74. The zero-order chi connectivity index (χ0) is 10.1. The zero-order valence-electron chi connectivity index (χ0n) is 7.06. The van der Waals surface area contributed by atoms with Gasteiger partial charge in [0, 0.05) is 6.04 Å². The Labute approximate surface area is 78.4 Å². The molecule has 2 N–H and O–H groups in total. The highest BCUT2D eigenvalue weighted by molar-refractivity contribution is 7.10. The lowest BCUT2D eigenvalue weighted by Gasteiger charge is -2.05. The van der Waals surface area contributed by atoms with Crippen molar-refractivity contribution in [1.82, 2.24) is 0 Å². The van der Waals surface area contributed by atoms with Gasteiger partial charge in [-0.3, -0.25) is 0 Å². The molecule has 5 heteroatoms. The quantitative estimate of drug-likeness (QED) is 0.795. The summed E-state index contributed by atoms with van der Waals surface area (Å²) in [6, 6.07) is 0.839. The van der Waals surface area contributed by atoms with Gasteiger partial charge < -0.3 is 5.73 Å². The highest BCUT2D eigenvalue weighted by atomic mass is 32.1. The molecule has 13 heavy (non-hydrogen) atoms. The van der Waals surface area contributed by atoms with Gasteiger partial charge in [-0.15, -0.1) is 11.3 Å². The molecular formula is C8H10F3NS. The van der Waals surface area contributed by atoms with E-state index in [4.69, 9.17) is 5.73 Å². The van der Waals surface area contributed by atoms with Crippen LogP contribution in [0.15, 0.2) is 11.4 Å². The van der Waals surface area contributed by atoms with Crippen LogP contribution in [0.2, 0.25) is 0 Å². The summed E-state index contributed by atoms with van der Waals surface area (Å²) in [6.07, 6.45) is -3.59. The predicted octanol–water partition coefficient (Wildman–Crippen LogP) is 3.18. The zero-order valence-corrected chi connectivity index (χ0v) is 7.88. The number of rotatable bonds is 2. The van der Waals surface area contributed by atoms with Crippen molar-refractivity contribution in [3.05, 3.63) is 21.9 Å². The van der Waals surface area contributed by atoms with Gasteiger partial charge in [-0.1, -0.05) is 6.92 Å². The molecule has 0 aliphatic heterocycles. The summed E-state index contributed by atoms with van der Waals surface area (Å²) in [7, 11) is 0. The second kappa shape index (κ2) is 3.67. The van der Waals surface area contributed by atoms with E-state index in [9.17, 15) is 13.2 Å². The summed E-state index contributed by atoms with van der Waals surface area (Å²) in [6.45, 7) is 1.84. The lowest BCUT2D eigenvalue weighted by molar-refractivity contribution is -0.134. The fourth-order valence-corrected chi connectivity index (χ4v) is 1.77. The van der Waals surface area contributed by atoms with Gasteiger partial charge >= 0.3 is 6.18 Å². The molecule has 0 aliphatic carbocycles. The average Bonchev–Trinajstić information content (AvgIpc) is 2.50. The Morgan fingerprint density at radius 3 is 2.54 bits per heavy atom. The summed E-state index contributed by atoms with van der Waals surface area (Å²) in [5, 5.41) is 1.47. The van der Waals surface area contributed by atoms with Crippen LogP contribution in [0.4, 0.5) is 13.2 Å². The smallest absolute Gasteiger partial charge is 0.324 e. The van der Waals surface area contributed by atoms with E-state index in [1.165, 1.54) is 5.38 Å². The topological polar surface area (TPSA) is 26.0 Å². The van der Waals surface area contributed by atoms with Gasteiger partial charge in [-0.05, 0) is 23.4 Å². The maximum Gasteiger partial charge on any atom is 0.425 e. The van der Waals surface area contributed by atoms with Crippen molar-refractivity contribution < 1.29 is 13.2 Å². The largest absolute Gasteiger partial charge is 0.425 e. The van der Waals surface area contributed by atoms with Gasteiger partial charge in [-0.2, -0.15) is 13.2 Å². The number of thiophene rings is 1. The average molecular weight is 209 g/mol. The van der Waals surface area contributed by atoms with Gasteiger partial charge in [0.05, 0.1) is 0 Å². The van der Waals surface area contributed by atoms with Crippen LogP contribution in [0, 0.1) is 0 Å². The lowest BCUT2D eigenvalue weighted by atomic mass is 10.1. The van der Waals surface area contributed by atoms with Crippen LogP contribution < -0.4 is 5.73 Å². The number of nitrogens with two attached hydrogens (primary N) is 1. The van der Waals surface area contributed by atoms with Crippen molar-refractivity contribution in [1.29, 1.82) is 0 Å². The van der Waals surface area contributed by atoms with Crippen LogP contribution in [-0.2, 0) is 6.18 Å². The standard InChI is InChI=1S/C8H10F3NS/c1-2-6(12)5-3-7(13-4-5)8(9,10)11/h3-4,6H,2,12H2,1H3/t6-/m1/s1. The van der Waals surface area contributed by atoms with Gasteiger partial charge in [-0.25, -0.2) is 0 Å². The van der Waals surface area contributed by atoms with Gasteiger partial charge in [0.1, 0.15) is 4.88 Å². The van der Waals surface area contributed by atoms with Crippen molar-refractivity contribution in [3.63, 3.8) is 0 Å². The Morgan fingerprint density at radius 1 is 1.54 bits per heavy atom. The normalized spacial score (nSPS) is 14.5. The number of alkyl halides is 3. The Bertz CT molecular complexity index is 279. The van der Waals surface area contributed by atoms with E-state index >= 15 is 0 Å². The molecule has 0 amide bonds. The first-order valence-electron chi connectivity index (χ1n) is 3.86. The Hall–Kier alpha value is -0.550. The molecule has 0 saturated heterocycles. The Balaban J connectivity index is 2.87. The van der Waals surface area contributed by atoms with Crippen molar-refractivity contribution in [2.24, 2.45) is 5.73 Å². The number of hydrogen-bond donors (Lipinski definition) is 1. The third-order valence-electron chi connectivity index (χ3n) is 1.77. The van der Waals surface area contributed by atoms with Crippen LogP contribution in [0.1, 0.15) is 29.8 Å². The summed E-state index contributed by atoms with van der Waals surface area (Å²) in [5.74, 6) is 0. The minimum Gasteiger partial charge on any atom is -0.324 e. The monoisotopic (exact) mass is 209 g/mol. The summed E-state index contributed by atoms with van der Waals surface area (Å²) >= 11 is 0.695. The van der Waals surface area contributed by atoms with E-state index in [-0.39, 0.29) is 6.04 Å². The van der Waals surface area contributed by atoms with E-state index in [0.29, 0.717) is 23.3 Å². The third-order valence-corrected chi connectivity index (χ3v) is 2.76. The molecule has 0 radical (unpaired) electrons. The molecule has 1 aromatic rings. The molecule has 0 bridgehead atoms. The first kappa shape index (κ1) is 10.5. The lowest BCUT2D eigenvalue weighted by Crippen LogP contribution is -2.07. The van der Waals surface area contributed by atoms with Crippen LogP contribution in [0.3, 0.4) is 0 Å². The molecule has 0 saturated carbocycles. The molecule has 1 rings (SSSR count). The Kier molecular flexibility index (Phi) is 2.98. The van der Waals surface area contributed by atoms with Crippen LogP contribution >= 0.6 is 11.3 Å². The molecular weight excluding hydrogens is 199 g/mol. The minimum absolute atomic E-state index is 0.285. The molecule has 1 heterocycles. The van der Waals surface area contributed by atoms with Gasteiger partial charge in [0.2, 0.25) is 0 Å². The molecule has 0 unspecified atom stereocenters. The molecule has 0 aliphatic rings. The van der Waals surface area contributed by atoms with E-state index < -0.39 is 11.1 Å². The number of halogens is 3. The second-order valence-electron chi connectivity index (χ2n) is 2.76. The van der Waals surface area contributed by atoms with E-state index in [0.717, 1.165) is 6.07 Å². The number of hydrogen-bond acceptors (Lipinski definition) is 2. The van der Waals surface area contributed by atoms with Crippen LogP contribution in [-0.4, -0.2) is 0 Å². The first-order chi connectivity index (χ1) is 5.95. The van der Waals surface area contributed by atoms with E-state index in [1.54, 1.807) is 0 Å². The SMILES string of the molecule is CC[C@@H](N)c1csc(C(F)(F)F)c1. The van der Waals surface area contributed by atoms with Crippen molar-refractivity contribution in [2.75, 3.05) is 0 Å². The van der Waals surface area contributed by atoms with Crippen molar-refractivity contribution >= 4 is 11.3 Å². The highest BCUT2D eigenvalue weighted by Gasteiger charge is 2.32. The third kappa shape index (κ3) is 2.45. The molecule has 1 nitrogen and oxygen atoms in total. The maximum absolute atomic E-state index is 12.1. The summed E-state index contributed by atoms with van der Waals surface area (Å²) < 4.78 is 36.4. The van der Waals surface area contributed by atoms with Crippen molar-refractivity contribution in [3.8, 4) is 0 Å². The molecule has 0 spiro atoms. The van der Waals surface area contributed by atoms with Gasteiger partial charge in [0.15, 0.2) is 0 Å². The summed E-state index contributed by atoms with van der Waals surface area (Å²) in [5.41, 5.74) is 6.16. The van der Waals surface area contributed by atoms with Crippen LogP contribution in [0.5, 0.6) is 0 Å². The fourth-order valence-electron chi connectivity index (χ4n) is 0.930. The van der Waals surface area contributed by atoms with Crippen molar-refractivity contribution in [2.45, 2.75) is 25.6 Å². The van der Waals surface area contributed by atoms with E-state index in [1.807, 2.05) is 6.92 Å². The second-order valence-corrected chi connectivity index (χ2v) is 3.67. The fraction of sp³-hybridized carbons (Fsp3) is 0.500. The molecule has 1 aromatic heterocycles. The van der Waals surface area contributed by atoms with Gasteiger partial charge in [0.25, 0.3) is 0 Å². The van der Waals surface area contributed by atoms with E-state index in [2.05, 4.69) is 0 Å². The maximum atomic E-state index is 12.1.